The summed E-state index contributed by atoms with van der Waals surface area (Å²) >= 11 is 0. The lowest BCUT2D eigenvalue weighted by Crippen LogP contribution is -2.37. The van der Waals surface area contributed by atoms with Gasteiger partial charge in [-0.05, 0) is 24.1 Å². The van der Waals surface area contributed by atoms with Crippen LogP contribution in [0.1, 0.15) is 24.1 Å². The van der Waals surface area contributed by atoms with E-state index in [2.05, 4.69) is 32.3 Å². The van der Waals surface area contributed by atoms with Crippen molar-refractivity contribution in [1.29, 1.82) is 0 Å². The Kier molecular flexibility index (Phi) is 5.48. The van der Waals surface area contributed by atoms with Crippen molar-refractivity contribution in [3.05, 3.63) is 76.2 Å². The van der Waals surface area contributed by atoms with Gasteiger partial charge in [0.1, 0.15) is 5.69 Å². The normalized spacial score (nSPS) is 17.1. The first-order valence-electron chi connectivity index (χ1n) is 9.71. The Morgan fingerprint density at radius 3 is 2.79 bits per heavy atom. The van der Waals surface area contributed by atoms with Gasteiger partial charge in [0.15, 0.2) is 0 Å². The number of hydrogen-bond acceptors (Lipinski definition) is 4. The molecule has 1 aromatic heterocycles. The maximum atomic E-state index is 12.3. The highest BCUT2D eigenvalue weighted by Gasteiger charge is 2.23. The predicted octanol–water partition coefficient (Wildman–Crippen LogP) is 2.25. The van der Waals surface area contributed by atoms with Crippen molar-refractivity contribution in [2.75, 3.05) is 13.1 Å². The lowest BCUT2D eigenvalue weighted by Gasteiger charge is -2.16. The van der Waals surface area contributed by atoms with Crippen LogP contribution in [0.4, 0.5) is 0 Å². The van der Waals surface area contributed by atoms with Gasteiger partial charge in [-0.15, -0.1) is 0 Å². The van der Waals surface area contributed by atoms with E-state index in [1.54, 1.807) is 0 Å². The van der Waals surface area contributed by atoms with Crippen LogP contribution in [0.15, 0.2) is 59.4 Å². The Morgan fingerprint density at radius 2 is 1.93 bits per heavy atom. The average Bonchev–Trinajstić information content (AvgIpc) is 3.13. The van der Waals surface area contributed by atoms with E-state index in [-0.39, 0.29) is 23.9 Å². The van der Waals surface area contributed by atoms with Gasteiger partial charge >= 0.3 is 0 Å². The van der Waals surface area contributed by atoms with Crippen LogP contribution < -0.4 is 10.9 Å². The highest BCUT2D eigenvalue weighted by Crippen LogP contribution is 2.14. The summed E-state index contributed by atoms with van der Waals surface area (Å²) in [5, 5.41) is 3.10. The molecule has 28 heavy (non-hydrogen) atoms. The number of fused-ring (bicyclic) bond motifs is 1. The van der Waals surface area contributed by atoms with Gasteiger partial charge in [0, 0.05) is 38.5 Å². The SMILES string of the molecule is O=C(CCc1nc2ccccc2[nH]c1=O)N[C@@H]1CCN(Cc2ccccc2)C1. The first-order chi connectivity index (χ1) is 13.7. The molecule has 0 spiro atoms. The summed E-state index contributed by atoms with van der Waals surface area (Å²) in [7, 11) is 0. The minimum absolute atomic E-state index is 0.0269. The van der Waals surface area contributed by atoms with Crippen LogP contribution in [0.3, 0.4) is 0 Å². The number of H-pyrrole nitrogens is 1. The summed E-state index contributed by atoms with van der Waals surface area (Å²) < 4.78 is 0. The Bertz CT molecular complexity index is 1020. The monoisotopic (exact) mass is 376 g/mol. The molecule has 6 nitrogen and oxygen atoms in total. The van der Waals surface area contributed by atoms with Crippen molar-refractivity contribution >= 4 is 16.9 Å². The molecule has 1 aliphatic heterocycles. The molecule has 1 saturated heterocycles. The number of aryl methyl sites for hydroxylation is 1. The number of aromatic nitrogens is 2. The molecule has 144 valence electrons. The van der Waals surface area contributed by atoms with Crippen LogP contribution in [0.2, 0.25) is 0 Å². The van der Waals surface area contributed by atoms with Crippen molar-refractivity contribution in [2.24, 2.45) is 0 Å². The van der Waals surface area contributed by atoms with Gasteiger partial charge in [0.05, 0.1) is 11.0 Å². The van der Waals surface area contributed by atoms with Crippen molar-refractivity contribution in [2.45, 2.75) is 31.8 Å². The number of nitrogens with one attached hydrogen (secondary N) is 2. The first-order valence-corrected chi connectivity index (χ1v) is 9.71. The fraction of sp³-hybridized carbons (Fsp3) is 0.318. The molecule has 1 aliphatic rings. The Balaban J connectivity index is 1.28. The molecule has 0 bridgehead atoms. The number of para-hydroxylation sites is 2. The number of hydrogen-bond donors (Lipinski definition) is 2. The molecule has 6 heteroatoms. The number of likely N-dealkylation sites (tertiary alicyclic amines) is 1. The summed E-state index contributed by atoms with van der Waals surface area (Å²) in [6, 6.07) is 17.9. The first kappa shape index (κ1) is 18.4. The molecule has 0 saturated carbocycles. The number of amides is 1. The second-order valence-electron chi connectivity index (χ2n) is 7.30. The zero-order chi connectivity index (χ0) is 19.3. The smallest absolute Gasteiger partial charge is 0.270 e. The zero-order valence-corrected chi connectivity index (χ0v) is 15.7. The average molecular weight is 376 g/mol. The van der Waals surface area contributed by atoms with Gasteiger partial charge < -0.3 is 10.3 Å². The summed E-state index contributed by atoms with van der Waals surface area (Å²) in [5.74, 6) is -0.0269. The predicted molar refractivity (Wildman–Crippen MR) is 109 cm³/mol. The molecule has 4 rings (SSSR count). The second kappa shape index (κ2) is 8.35. The van der Waals surface area contributed by atoms with E-state index in [0.717, 1.165) is 31.6 Å². The maximum Gasteiger partial charge on any atom is 0.270 e. The Labute approximate surface area is 163 Å². The molecule has 2 N–H and O–H groups in total. The molecule has 2 heterocycles. The number of carbonyl (C=O) groups is 1. The number of rotatable bonds is 6. The Hall–Kier alpha value is -2.99. The minimum atomic E-state index is -0.221. The fourth-order valence-electron chi connectivity index (χ4n) is 3.70. The highest BCUT2D eigenvalue weighted by molar-refractivity contribution is 5.77. The number of carbonyl (C=O) groups excluding carboxylic acids is 1. The van der Waals surface area contributed by atoms with Gasteiger partial charge in [-0.3, -0.25) is 14.5 Å². The molecule has 2 aromatic carbocycles. The third kappa shape index (κ3) is 4.46. The molecule has 1 atom stereocenters. The van der Waals surface area contributed by atoms with E-state index in [0.29, 0.717) is 17.6 Å². The Morgan fingerprint density at radius 1 is 1.14 bits per heavy atom. The van der Waals surface area contributed by atoms with Gasteiger partial charge in [0.2, 0.25) is 5.91 Å². The molecule has 0 radical (unpaired) electrons. The van der Waals surface area contributed by atoms with Crippen molar-refractivity contribution in [3.8, 4) is 0 Å². The fourth-order valence-corrected chi connectivity index (χ4v) is 3.70. The van der Waals surface area contributed by atoms with Gasteiger partial charge in [-0.25, -0.2) is 4.98 Å². The standard InChI is InChI=1S/C22H24N4O2/c27-21(11-10-20-22(28)25-19-9-5-4-8-18(19)24-20)23-17-12-13-26(15-17)14-16-6-2-1-3-7-16/h1-9,17H,10-15H2,(H,23,27)(H,25,28)/t17-/m1/s1. The topological polar surface area (TPSA) is 78.1 Å². The lowest BCUT2D eigenvalue weighted by atomic mass is 10.2. The van der Waals surface area contributed by atoms with Crippen LogP contribution in [0, 0.1) is 0 Å². The van der Waals surface area contributed by atoms with Crippen LogP contribution in [-0.2, 0) is 17.8 Å². The summed E-state index contributed by atoms with van der Waals surface area (Å²) in [5.41, 5.74) is 2.93. The second-order valence-corrected chi connectivity index (χ2v) is 7.30. The van der Waals surface area contributed by atoms with Crippen molar-refractivity contribution in [3.63, 3.8) is 0 Å². The van der Waals surface area contributed by atoms with E-state index < -0.39 is 0 Å². The van der Waals surface area contributed by atoms with E-state index in [4.69, 9.17) is 0 Å². The number of nitrogens with zero attached hydrogens (tertiary/aromatic N) is 2. The maximum absolute atomic E-state index is 12.3. The molecule has 0 aliphatic carbocycles. The minimum Gasteiger partial charge on any atom is -0.352 e. The summed E-state index contributed by atoms with van der Waals surface area (Å²) in [6.07, 6.45) is 1.56. The van der Waals surface area contributed by atoms with E-state index in [9.17, 15) is 9.59 Å². The summed E-state index contributed by atoms with van der Waals surface area (Å²) in [4.78, 5) is 34.1. The number of benzene rings is 2. The van der Waals surface area contributed by atoms with E-state index in [1.807, 2.05) is 42.5 Å². The van der Waals surface area contributed by atoms with Crippen LogP contribution in [0.5, 0.6) is 0 Å². The van der Waals surface area contributed by atoms with E-state index in [1.165, 1.54) is 5.56 Å². The molecule has 3 aromatic rings. The van der Waals surface area contributed by atoms with Gasteiger partial charge in [-0.2, -0.15) is 0 Å². The third-order valence-electron chi connectivity index (χ3n) is 5.15. The third-order valence-corrected chi connectivity index (χ3v) is 5.15. The van der Waals surface area contributed by atoms with Gasteiger partial charge in [0.25, 0.3) is 5.56 Å². The lowest BCUT2D eigenvalue weighted by molar-refractivity contribution is -0.121. The van der Waals surface area contributed by atoms with E-state index >= 15 is 0 Å². The molecular formula is C22H24N4O2. The van der Waals surface area contributed by atoms with Crippen molar-refractivity contribution in [1.82, 2.24) is 20.2 Å². The van der Waals surface area contributed by atoms with Gasteiger partial charge in [-0.1, -0.05) is 42.5 Å². The summed E-state index contributed by atoms with van der Waals surface area (Å²) in [6.45, 7) is 2.74. The number of aromatic amines is 1. The molecular weight excluding hydrogens is 352 g/mol. The quantitative estimate of drug-likeness (QED) is 0.692. The largest absolute Gasteiger partial charge is 0.352 e. The van der Waals surface area contributed by atoms with Crippen molar-refractivity contribution < 1.29 is 4.79 Å². The highest BCUT2D eigenvalue weighted by atomic mass is 16.1. The van der Waals surface area contributed by atoms with Crippen LogP contribution in [-0.4, -0.2) is 39.9 Å². The molecule has 1 fully saturated rings. The van der Waals surface area contributed by atoms with Crippen LogP contribution in [0.25, 0.3) is 11.0 Å². The molecule has 0 unspecified atom stereocenters. The molecule has 1 amide bonds. The zero-order valence-electron chi connectivity index (χ0n) is 15.7. The van der Waals surface area contributed by atoms with Crippen LogP contribution >= 0.6 is 0 Å².